The summed E-state index contributed by atoms with van der Waals surface area (Å²) < 4.78 is 1.68. The minimum absolute atomic E-state index is 0.430. The van der Waals surface area contributed by atoms with Crippen LogP contribution >= 0.6 is 11.6 Å². The van der Waals surface area contributed by atoms with E-state index in [4.69, 9.17) is 17.3 Å². The Balaban J connectivity index is 2.50. The Kier molecular flexibility index (Phi) is 2.66. The number of halogens is 1. The van der Waals surface area contributed by atoms with E-state index in [0.29, 0.717) is 16.4 Å². The summed E-state index contributed by atoms with van der Waals surface area (Å²) in [5, 5.41) is 0.564. The van der Waals surface area contributed by atoms with Gasteiger partial charge in [-0.3, -0.25) is 4.79 Å². The van der Waals surface area contributed by atoms with Gasteiger partial charge in [0.2, 0.25) is 5.91 Å². The molecule has 82 valence electrons. The number of nitrogens with two attached hydrogens (primary N) is 1. The molecule has 0 aromatic carbocycles. The van der Waals surface area contributed by atoms with Crippen LogP contribution in [0.4, 0.5) is 0 Å². The Hall–Kier alpha value is -1.81. The van der Waals surface area contributed by atoms with Gasteiger partial charge in [0.1, 0.15) is 0 Å². The molecule has 0 atom stereocenters. The van der Waals surface area contributed by atoms with Crippen molar-refractivity contribution in [3.05, 3.63) is 46.9 Å². The largest absolute Gasteiger partial charge is 0.366 e. The Labute approximate surface area is 97.7 Å². The van der Waals surface area contributed by atoms with Crippen LogP contribution in [-0.2, 0) is 0 Å². The van der Waals surface area contributed by atoms with Crippen LogP contribution in [0.3, 0.4) is 0 Å². The molecule has 2 N–H and O–H groups in total. The highest BCUT2D eigenvalue weighted by Crippen LogP contribution is 2.22. The van der Waals surface area contributed by atoms with Gasteiger partial charge in [0.25, 0.3) is 0 Å². The molecule has 0 aliphatic rings. The summed E-state index contributed by atoms with van der Waals surface area (Å²) in [5.74, 6) is 0.122. The van der Waals surface area contributed by atoms with Gasteiger partial charge in [-0.1, -0.05) is 11.6 Å². The van der Waals surface area contributed by atoms with Crippen molar-refractivity contribution in [3.63, 3.8) is 0 Å². The molecule has 1 amide bonds. The number of pyridine rings is 1. The summed E-state index contributed by atoms with van der Waals surface area (Å²) in [6, 6.07) is 3.45. The maximum atomic E-state index is 11.0. The first-order valence-corrected chi connectivity index (χ1v) is 5.06. The molecule has 0 bridgehead atoms. The number of rotatable bonds is 2. The summed E-state index contributed by atoms with van der Waals surface area (Å²) >= 11 is 6.12. The summed E-state index contributed by atoms with van der Waals surface area (Å²) in [4.78, 5) is 15.1. The minimum Gasteiger partial charge on any atom is -0.366 e. The zero-order valence-electron chi connectivity index (χ0n) is 8.64. The smallest absolute Gasteiger partial charge is 0.250 e. The number of carbonyl (C=O) groups is 1. The lowest BCUT2D eigenvalue weighted by Crippen LogP contribution is -2.09. The van der Waals surface area contributed by atoms with E-state index in [1.807, 2.05) is 13.0 Å². The second kappa shape index (κ2) is 3.98. The molecule has 0 radical (unpaired) electrons. The Morgan fingerprint density at radius 1 is 1.50 bits per heavy atom. The molecule has 0 aliphatic carbocycles. The standard InChI is InChI=1S/C11H10ClN3O/c1-7-2-4-14-11(9(7)12)15-5-3-8(6-15)10(13)16/h2-6H,1H3,(H2,13,16). The predicted molar refractivity (Wildman–Crippen MR) is 61.8 cm³/mol. The van der Waals surface area contributed by atoms with E-state index >= 15 is 0 Å². The summed E-state index contributed by atoms with van der Waals surface area (Å²) in [6.45, 7) is 1.89. The molecule has 2 heterocycles. The number of primary amides is 1. The molecule has 2 rings (SSSR count). The number of carbonyl (C=O) groups excluding carboxylic acids is 1. The van der Waals surface area contributed by atoms with Crippen molar-refractivity contribution >= 4 is 17.5 Å². The topological polar surface area (TPSA) is 60.9 Å². The first kappa shape index (κ1) is 10.7. The normalized spacial score (nSPS) is 10.4. The summed E-state index contributed by atoms with van der Waals surface area (Å²) in [7, 11) is 0. The number of hydrogen-bond donors (Lipinski definition) is 1. The van der Waals surface area contributed by atoms with Gasteiger partial charge in [0, 0.05) is 18.6 Å². The number of hydrogen-bond acceptors (Lipinski definition) is 2. The van der Waals surface area contributed by atoms with E-state index in [-0.39, 0.29) is 0 Å². The molecule has 0 spiro atoms. The Morgan fingerprint density at radius 3 is 2.88 bits per heavy atom. The van der Waals surface area contributed by atoms with Crippen LogP contribution in [0.2, 0.25) is 5.02 Å². The molecule has 0 fully saturated rings. The lowest BCUT2D eigenvalue weighted by molar-refractivity contribution is 0.100. The first-order chi connectivity index (χ1) is 7.59. The fraction of sp³-hybridized carbons (Fsp3) is 0.0909. The Bertz CT molecular complexity index is 548. The SMILES string of the molecule is Cc1ccnc(-n2ccc(C(N)=O)c2)c1Cl. The summed E-state index contributed by atoms with van der Waals surface area (Å²) in [6.07, 6.45) is 4.98. The molecule has 0 aliphatic heterocycles. The number of aryl methyl sites for hydroxylation is 1. The molecule has 5 heteroatoms. The first-order valence-electron chi connectivity index (χ1n) is 4.69. The monoisotopic (exact) mass is 235 g/mol. The van der Waals surface area contributed by atoms with Gasteiger partial charge in [0.05, 0.1) is 10.6 Å². The van der Waals surface area contributed by atoms with E-state index in [0.717, 1.165) is 5.56 Å². The second-order valence-electron chi connectivity index (χ2n) is 3.44. The lowest BCUT2D eigenvalue weighted by atomic mass is 10.3. The second-order valence-corrected chi connectivity index (χ2v) is 3.82. The molecular weight excluding hydrogens is 226 g/mol. The van der Waals surface area contributed by atoms with Crippen LogP contribution in [0.1, 0.15) is 15.9 Å². The van der Waals surface area contributed by atoms with E-state index < -0.39 is 5.91 Å². The average Bonchev–Trinajstić information content (AvgIpc) is 2.71. The molecule has 4 nitrogen and oxygen atoms in total. The fourth-order valence-corrected chi connectivity index (χ4v) is 1.59. The summed E-state index contributed by atoms with van der Waals surface area (Å²) in [5.41, 5.74) is 6.53. The van der Waals surface area contributed by atoms with Crippen LogP contribution in [0.15, 0.2) is 30.7 Å². The van der Waals surface area contributed by atoms with Gasteiger partial charge in [-0.2, -0.15) is 0 Å². The fourth-order valence-electron chi connectivity index (χ4n) is 1.38. The van der Waals surface area contributed by atoms with Crippen molar-refractivity contribution in [2.24, 2.45) is 5.73 Å². The van der Waals surface area contributed by atoms with Crippen LogP contribution in [-0.4, -0.2) is 15.5 Å². The van der Waals surface area contributed by atoms with Crippen molar-refractivity contribution in [2.45, 2.75) is 6.92 Å². The van der Waals surface area contributed by atoms with Gasteiger partial charge >= 0.3 is 0 Å². The van der Waals surface area contributed by atoms with Crippen molar-refractivity contribution in [1.29, 1.82) is 0 Å². The highest BCUT2D eigenvalue weighted by molar-refractivity contribution is 6.32. The van der Waals surface area contributed by atoms with Crippen LogP contribution in [0, 0.1) is 6.92 Å². The number of nitrogens with zero attached hydrogens (tertiary/aromatic N) is 2. The molecule has 16 heavy (non-hydrogen) atoms. The zero-order valence-corrected chi connectivity index (χ0v) is 9.40. The third-order valence-electron chi connectivity index (χ3n) is 2.29. The van der Waals surface area contributed by atoms with Gasteiger partial charge in [-0.25, -0.2) is 4.98 Å². The third-order valence-corrected chi connectivity index (χ3v) is 2.75. The predicted octanol–water partition coefficient (Wildman–Crippen LogP) is 1.93. The Morgan fingerprint density at radius 2 is 2.25 bits per heavy atom. The maximum absolute atomic E-state index is 11.0. The molecule has 2 aromatic rings. The lowest BCUT2D eigenvalue weighted by Gasteiger charge is -2.05. The van der Waals surface area contributed by atoms with Crippen molar-refractivity contribution in [2.75, 3.05) is 0 Å². The third kappa shape index (κ3) is 1.79. The molecule has 0 unspecified atom stereocenters. The van der Waals surface area contributed by atoms with Gasteiger partial charge in [-0.15, -0.1) is 0 Å². The molecule has 0 saturated carbocycles. The minimum atomic E-state index is -0.470. The molecule has 2 aromatic heterocycles. The van der Waals surface area contributed by atoms with E-state index in [1.165, 1.54) is 0 Å². The molecular formula is C11H10ClN3O. The van der Waals surface area contributed by atoms with Crippen LogP contribution in [0.25, 0.3) is 5.82 Å². The van der Waals surface area contributed by atoms with Crippen molar-refractivity contribution in [3.8, 4) is 5.82 Å². The number of aromatic nitrogens is 2. The average molecular weight is 236 g/mol. The van der Waals surface area contributed by atoms with E-state index in [9.17, 15) is 4.79 Å². The van der Waals surface area contributed by atoms with Crippen LogP contribution < -0.4 is 5.73 Å². The highest BCUT2D eigenvalue weighted by Gasteiger charge is 2.08. The van der Waals surface area contributed by atoms with E-state index in [1.54, 1.807) is 29.2 Å². The molecule has 0 saturated heterocycles. The quantitative estimate of drug-likeness (QED) is 0.865. The number of amides is 1. The van der Waals surface area contributed by atoms with E-state index in [2.05, 4.69) is 4.98 Å². The zero-order chi connectivity index (χ0) is 11.7. The van der Waals surface area contributed by atoms with Crippen molar-refractivity contribution in [1.82, 2.24) is 9.55 Å². The van der Waals surface area contributed by atoms with Crippen LogP contribution in [0.5, 0.6) is 0 Å². The van der Waals surface area contributed by atoms with Crippen molar-refractivity contribution < 1.29 is 4.79 Å². The van der Waals surface area contributed by atoms with Gasteiger partial charge in [0.15, 0.2) is 5.82 Å². The maximum Gasteiger partial charge on any atom is 0.250 e. The van der Waals surface area contributed by atoms with Gasteiger partial charge < -0.3 is 10.3 Å². The highest BCUT2D eigenvalue weighted by atomic mass is 35.5. The van der Waals surface area contributed by atoms with Gasteiger partial charge in [-0.05, 0) is 24.6 Å².